The third kappa shape index (κ3) is 5.77. The van der Waals surface area contributed by atoms with E-state index in [4.69, 9.17) is 11.6 Å². The predicted molar refractivity (Wildman–Crippen MR) is 133 cm³/mol. The molecule has 12 heteroatoms. The van der Waals surface area contributed by atoms with Crippen molar-refractivity contribution >= 4 is 40.4 Å². The zero-order valence-electron chi connectivity index (χ0n) is 19.6. The highest BCUT2D eigenvalue weighted by Gasteiger charge is 2.48. The highest BCUT2D eigenvalue weighted by atomic mass is 35.5. The van der Waals surface area contributed by atoms with Gasteiger partial charge in [0, 0.05) is 53.5 Å². The Labute approximate surface area is 219 Å². The fourth-order valence-electron chi connectivity index (χ4n) is 4.37. The lowest BCUT2D eigenvalue weighted by Crippen LogP contribution is -2.60. The number of carbonyl (C=O) groups excluding carboxylic acids is 2. The number of amides is 2. The van der Waals surface area contributed by atoms with Crippen molar-refractivity contribution in [3.05, 3.63) is 65.7 Å². The molecule has 1 saturated carbocycles. The number of hydrogen-bond donors (Lipinski definition) is 1. The fraction of sp³-hybridized carbons (Fsp3) is 0.360. The summed E-state index contributed by atoms with van der Waals surface area (Å²) in [6, 6.07) is 6.66. The summed E-state index contributed by atoms with van der Waals surface area (Å²) in [5.74, 6) is -5.69. The molecule has 2 atom stereocenters. The molecule has 1 aliphatic rings. The van der Waals surface area contributed by atoms with Gasteiger partial charge in [-0.3, -0.25) is 19.5 Å². The Morgan fingerprint density at radius 2 is 1.89 bits per heavy atom. The van der Waals surface area contributed by atoms with Gasteiger partial charge < -0.3 is 5.32 Å². The van der Waals surface area contributed by atoms with E-state index in [1.807, 2.05) is 0 Å². The van der Waals surface area contributed by atoms with Gasteiger partial charge in [-0.05, 0) is 50.1 Å². The molecule has 1 fully saturated rings. The summed E-state index contributed by atoms with van der Waals surface area (Å²) in [5, 5.41) is 5.20. The van der Waals surface area contributed by atoms with Crippen molar-refractivity contribution in [2.45, 2.75) is 55.7 Å². The minimum Gasteiger partial charge on any atom is -0.351 e. The Balaban J connectivity index is 1.78. The van der Waals surface area contributed by atoms with Crippen LogP contribution in [0.25, 0.3) is 10.6 Å². The topological polar surface area (TPSA) is 75.2 Å². The normalized spacial score (nSPS) is 18.0. The van der Waals surface area contributed by atoms with Gasteiger partial charge in [-0.2, -0.15) is 0 Å². The lowest BCUT2D eigenvalue weighted by Gasteiger charge is -2.41. The first-order chi connectivity index (χ1) is 17.5. The maximum Gasteiger partial charge on any atom is 0.278 e. The van der Waals surface area contributed by atoms with Crippen molar-refractivity contribution in [2.24, 2.45) is 0 Å². The van der Waals surface area contributed by atoms with Gasteiger partial charge in [0.15, 0.2) is 5.54 Å². The van der Waals surface area contributed by atoms with Crippen molar-refractivity contribution in [2.75, 3.05) is 4.90 Å². The van der Waals surface area contributed by atoms with E-state index in [-0.39, 0.29) is 24.1 Å². The van der Waals surface area contributed by atoms with Crippen LogP contribution in [0, 0.1) is 5.82 Å². The van der Waals surface area contributed by atoms with E-state index in [0.717, 1.165) is 22.7 Å². The number of thiazole rings is 1. The van der Waals surface area contributed by atoms with E-state index in [9.17, 15) is 27.2 Å². The second-order valence-electron chi connectivity index (χ2n) is 8.93. The Kier molecular flexibility index (Phi) is 7.84. The zero-order valence-corrected chi connectivity index (χ0v) is 21.2. The second kappa shape index (κ2) is 10.7. The number of carbonyl (C=O) groups is 2. The summed E-state index contributed by atoms with van der Waals surface area (Å²) in [4.78, 5) is 35.8. The van der Waals surface area contributed by atoms with Gasteiger partial charge in [0.05, 0.1) is 6.20 Å². The van der Waals surface area contributed by atoms with Crippen LogP contribution in [-0.4, -0.2) is 39.4 Å². The molecule has 0 saturated heterocycles. The number of benzene rings is 1. The molecule has 4 rings (SSSR count). The minimum absolute atomic E-state index is 0.00786. The third-order valence-electron chi connectivity index (χ3n) is 6.42. The molecule has 2 amide bonds. The molecule has 0 aliphatic heterocycles. The van der Waals surface area contributed by atoms with E-state index < -0.39 is 53.6 Å². The third-order valence-corrected chi connectivity index (χ3v) is 7.43. The number of pyridine rings is 1. The number of alkyl halides is 4. The van der Waals surface area contributed by atoms with Crippen LogP contribution in [0.5, 0.6) is 0 Å². The first-order valence-corrected chi connectivity index (χ1v) is 12.7. The SMILES string of the molecule is CC(C(=O)NC1CCC(F)(F)CC1)(c1cncc(F)c1)N(C(=O)[C@H](F)Cl)c1ccc(-c2nccs2)cc1. The maximum atomic E-state index is 14.3. The first kappa shape index (κ1) is 27.0. The van der Waals surface area contributed by atoms with Crippen LogP contribution < -0.4 is 10.2 Å². The van der Waals surface area contributed by atoms with E-state index in [1.165, 1.54) is 36.6 Å². The van der Waals surface area contributed by atoms with E-state index >= 15 is 0 Å². The second-order valence-corrected chi connectivity index (χ2v) is 10.2. The van der Waals surface area contributed by atoms with Crippen molar-refractivity contribution in [3.63, 3.8) is 0 Å². The molecule has 37 heavy (non-hydrogen) atoms. The van der Waals surface area contributed by atoms with Crippen LogP contribution in [0.15, 0.2) is 54.3 Å². The lowest BCUT2D eigenvalue weighted by atomic mass is 9.87. The standard InChI is InChI=1S/C25H23ClF4N4O2S/c1-24(16-12-17(27)14-31-13-16,23(36)33-18-6-8-25(29,30)9-7-18)34(22(35)20(26)28)19-4-2-15(3-5-19)21-32-10-11-37-21/h2-5,10-14,18,20H,6-9H2,1H3,(H,33,36)/t20-,24?/m0/s1. The molecule has 6 nitrogen and oxygen atoms in total. The Morgan fingerprint density at radius 1 is 1.22 bits per heavy atom. The Bertz CT molecular complexity index is 1250. The highest BCUT2D eigenvalue weighted by molar-refractivity contribution is 7.13. The predicted octanol–water partition coefficient (Wildman–Crippen LogP) is 5.82. The van der Waals surface area contributed by atoms with Gasteiger partial charge in [0.2, 0.25) is 5.92 Å². The monoisotopic (exact) mass is 554 g/mol. The molecule has 2 aromatic heterocycles. The summed E-state index contributed by atoms with van der Waals surface area (Å²) in [6.07, 6.45) is 2.92. The molecular formula is C25H23ClF4N4O2S. The summed E-state index contributed by atoms with van der Waals surface area (Å²) in [6.45, 7) is 1.31. The van der Waals surface area contributed by atoms with Crippen LogP contribution >= 0.6 is 22.9 Å². The number of rotatable bonds is 7. The van der Waals surface area contributed by atoms with E-state index in [1.54, 1.807) is 23.7 Å². The molecule has 1 aromatic carbocycles. The molecule has 3 aromatic rings. The first-order valence-electron chi connectivity index (χ1n) is 11.4. The Morgan fingerprint density at radius 3 is 2.46 bits per heavy atom. The lowest BCUT2D eigenvalue weighted by molar-refractivity contribution is -0.132. The van der Waals surface area contributed by atoms with Gasteiger partial charge >= 0.3 is 0 Å². The highest BCUT2D eigenvalue weighted by Crippen LogP contribution is 2.38. The summed E-state index contributed by atoms with van der Waals surface area (Å²) in [7, 11) is 0. The molecule has 0 bridgehead atoms. The van der Waals surface area contributed by atoms with Gasteiger partial charge in [0.1, 0.15) is 10.8 Å². The van der Waals surface area contributed by atoms with Crippen LogP contribution in [0.2, 0.25) is 0 Å². The summed E-state index contributed by atoms with van der Waals surface area (Å²) < 4.78 is 55.9. The fourth-order valence-corrected chi connectivity index (χ4v) is 5.11. The molecule has 1 unspecified atom stereocenters. The van der Waals surface area contributed by atoms with Crippen LogP contribution in [0.4, 0.5) is 23.2 Å². The van der Waals surface area contributed by atoms with Crippen molar-refractivity contribution in [3.8, 4) is 10.6 Å². The zero-order chi connectivity index (χ0) is 26.8. The maximum absolute atomic E-state index is 14.3. The van der Waals surface area contributed by atoms with Crippen LogP contribution in [0.1, 0.15) is 38.2 Å². The number of aromatic nitrogens is 2. The average Bonchev–Trinajstić information content (AvgIpc) is 3.40. The van der Waals surface area contributed by atoms with Crippen molar-refractivity contribution < 1.29 is 27.2 Å². The van der Waals surface area contributed by atoms with Gasteiger partial charge in [-0.15, -0.1) is 11.3 Å². The molecule has 1 aliphatic carbocycles. The molecule has 0 spiro atoms. The van der Waals surface area contributed by atoms with E-state index in [0.29, 0.717) is 5.01 Å². The summed E-state index contributed by atoms with van der Waals surface area (Å²) >= 11 is 6.96. The van der Waals surface area contributed by atoms with Gasteiger partial charge in [-0.25, -0.2) is 22.5 Å². The largest absolute Gasteiger partial charge is 0.351 e. The quantitative estimate of drug-likeness (QED) is 0.295. The molecule has 2 heterocycles. The van der Waals surface area contributed by atoms with Gasteiger partial charge in [0.25, 0.3) is 17.4 Å². The average molecular weight is 555 g/mol. The van der Waals surface area contributed by atoms with Crippen molar-refractivity contribution in [1.29, 1.82) is 0 Å². The van der Waals surface area contributed by atoms with Crippen LogP contribution in [-0.2, 0) is 15.1 Å². The van der Waals surface area contributed by atoms with Crippen molar-refractivity contribution in [1.82, 2.24) is 15.3 Å². The minimum atomic E-state index is -2.82. The Hall–Kier alpha value is -3.05. The van der Waals surface area contributed by atoms with Crippen LogP contribution in [0.3, 0.4) is 0 Å². The van der Waals surface area contributed by atoms with E-state index in [2.05, 4.69) is 15.3 Å². The molecule has 1 N–H and O–H groups in total. The number of nitrogens with one attached hydrogen (secondary N) is 1. The van der Waals surface area contributed by atoms with Gasteiger partial charge in [-0.1, -0.05) is 11.6 Å². The number of hydrogen-bond acceptors (Lipinski definition) is 5. The molecule has 0 radical (unpaired) electrons. The smallest absolute Gasteiger partial charge is 0.278 e. The molecule has 196 valence electrons. The number of anilines is 1. The summed E-state index contributed by atoms with van der Waals surface area (Å²) in [5.41, 5.74) is -3.80. The number of halogens is 5. The number of nitrogens with zero attached hydrogens (tertiary/aromatic N) is 3. The molecular weight excluding hydrogens is 532 g/mol.